The molecule has 2 heteroatoms. The maximum atomic E-state index is 7.26. The van der Waals surface area contributed by atoms with E-state index in [1.165, 1.54) is 50.7 Å². The van der Waals surface area contributed by atoms with Crippen LogP contribution in [0.25, 0.3) is 0 Å². The lowest BCUT2D eigenvalue weighted by Crippen LogP contribution is -1.85. The Kier molecular flexibility index (Phi) is 7.17. The van der Waals surface area contributed by atoms with Crippen LogP contribution in [-0.4, -0.2) is 0 Å². The second-order valence-corrected chi connectivity index (χ2v) is 2.34. The molecule has 0 atom stereocenters. The largest absolute Gasteiger partial charge is 0.181 e. The number of rotatable bonds is 0. The van der Waals surface area contributed by atoms with E-state index in [2.05, 4.69) is 0 Å². The molecule has 0 aromatic rings. The van der Waals surface area contributed by atoms with Gasteiger partial charge < -0.3 is 0 Å². The van der Waals surface area contributed by atoms with Gasteiger partial charge in [-0.3, -0.25) is 0 Å². The van der Waals surface area contributed by atoms with Crippen LogP contribution < -0.4 is 0 Å². The van der Waals surface area contributed by atoms with Crippen LogP contribution in [0.1, 0.15) is 38.5 Å². The standard InChI is InChI=1S/C6H12.C2N2/c1-2-4-6-5-3-1;3-1-2-4/h1-6H2;. The molecule has 1 rings (SSSR count). The summed E-state index contributed by atoms with van der Waals surface area (Å²) in [5.74, 6) is 0. The quantitative estimate of drug-likeness (QED) is 0.513. The fourth-order valence-corrected chi connectivity index (χ4v) is 1.06. The van der Waals surface area contributed by atoms with Crippen LogP contribution in [0.3, 0.4) is 0 Å². The van der Waals surface area contributed by atoms with Crippen molar-refractivity contribution >= 4 is 0 Å². The predicted molar refractivity (Wildman–Crippen MR) is 38.9 cm³/mol. The number of nitriles is 2. The zero-order chi connectivity index (χ0) is 7.66. The van der Waals surface area contributed by atoms with Gasteiger partial charge in [0.1, 0.15) is 0 Å². The molecule has 0 saturated heterocycles. The van der Waals surface area contributed by atoms with Gasteiger partial charge in [-0.1, -0.05) is 38.5 Å². The van der Waals surface area contributed by atoms with Crippen molar-refractivity contribution in [3.05, 3.63) is 0 Å². The lowest BCUT2D eigenvalue weighted by Gasteiger charge is -2.05. The summed E-state index contributed by atoms with van der Waals surface area (Å²) in [6.07, 6.45) is 9.00. The predicted octanol–water partition coefficient (Wildman–Crippen LogP) is 2.37. The van der Waals surface area contributed by atoms with Gasteiger partial charge in [0.25, 0.3) is 0 Å². The summed E-state index contributed by atoms with van der Waals surface area (Å²) in [5, 5.41) is 14.5. The molecule has 1 fully saturated rings. The summed E-state index contributed by atoms with van der Waals surface area (Å²) in [5.41, 5.74) is 0. The van der Waals surface area contributed by atoms with Crippen LogP contribution in [0, 0.1) is 22.7 Å². The maximum Gasteiger partial charge on any atom is 0.181 e. The fourth-order valence-electron chi connectivity index (χ4n) is 1.06. The van der Waals surface area contributed by atoms with Gasteiger partial charge >= 0.3 is 0 Å². The fraction of sp³-hybridized carbons (Fsp3) is 0.750. The van der Waals surface area contributed by atoms with Gasteiger partial charge in [-0.2, -0.15) is 10.5 Å². The summed E-state index contributed by atoms with van der Waals surface area (Å²) in [6.45, 7) is 0. The van der Waals surface area contributed by atoms with Crippen molar-refractivity contribution < 1.29 is 0 Å². The van der Waals surface area contributed by atoms with Crippen molar-refractivity contribution in [2.24, 2.45) is 0 Å². The molecule has 54 valence electrons. The highest BCUT2D eigenvalue weighted by atomic mass is 14.3. The zero-order valence-electron chi connectivity index (χ0n) is 6.14. The van der Waals surface area contributed by atoms with Crippen molar-refractivity contribution in [2.75, 3.05) is 0 Å². The van der Waals surface area contributed by atoms with Gasteiger partial charge in [-0.05, 0) is 0 Å². The highest BCUT2D eigenvalue weighted by Gasteiger charge is 1.95. The lowest BCUT2D eigenvalue weighted by atomic mass is 10.0. The average molecular weight is 136 g/mol. The lowest BCUT2D eigenvalue weighted by molar-refractivity contribution is 0.504. The Bertz CT molecular complexity index is 111. The Morgan fingerprint density at radius 1 is 0.600 bits per heavy atom. The molecule has 1 aliphatic carbocycles. The molecule has 2 nitrogen and oxygen atoms in total. The molecule has 0 N–H and O–H groups in total. The first-order valence-electron chi connectivity index (χ1n) is 3.70. The van der Waals surface area contributed by atoms with E-state index in [9.17, 15) is 0 Å². The van der Waals surface area contributed by atoms with Gasteiger partial charge in [0, 0.05) is 0 Å². The summed E-state index contributed by atoms with van der Waals surface area (Å²) >= 11 is 0. The van der Waals surface area contributed by atoms with Gasteiger partial charge in [-0.15, -0.1) is 0 Å². The van der Waals surface area contributed by atoms with E-state index in [4.69, 9.17) is 10.5 Å². The zero-order valence-corrected chi connectivity index (χ0v) is 6.14. The third kappa shape index (κ3) is 6.98. The van der Waals surface area contributed by atoms with E-state index >= 15 is 0 Å². The molecular formula is C8H12N2. The third-order valence-corrected chi connectivity index (χ3v) is 1.55. The molecule has 0 spiro atoms. The van der Waals surface area contributed by atoms with E-state index in [0.29, 0.717) is 0 Å². The summed E-state index contributed by atoms with van der Waals surface area (Å²) < 4.78 is 0. The molecule has 0 unspecified atom stereocenters. The normalized spacial score (nSPS) is 15.4. The van der Waals surface area contributed by atoms with E-state index in [0.717, 1.165) is 0 Å². The molecule has 0 aromatic carbocycles. The summed E-state index contributed by atoms with van der Waals surface area (Å²) in [6, 6.07) is 2.47. The molecule has 1 aliphatic rings. The third-order valence-electron chi connectivity index (χ3n) is 1.55. The van der Waals surface area contributed by atoms with E-state index in [-0.39, 0.29) is 0 Å². The molecule has 1 saturated carbocycles. The van der Waals surface area contributed by atoms with E-state index in [1.54, 1.807) is 0 Å². The van der Waals surface area contributed by atoms with E-state index < -0.39 is 0 Å². The number of nitrogens with zero attached hydrogens (tertiary/aromatic N) is 2. The second-order valence-electron chi connectivity index (χ2n) is 2.34. The second kappa shape index (κ2) is 7.98. The molecule has 0 aromatic heterocycles. The number of hydrogen-bond donors (Lipinski definition) is 0. The topological polar surface area (TPSA) is 47.6 Å². The Morgan fingerprint density at radius 2 is 0.800 bits per heavy atom. The minimum absolute atomic E-state index is 1.24. The highest BCUT2D eigenvalue weighted by molar-refractivity contribution is 4.99. The van der Waals surface area contributed by atoms with Gasteiger partial charge in [0.05, 0.1) is 0 Å². The summed E-state index contributed by atoms with van der Waals surface area (Å²) in [4.78, 5) is 0. The SMILES string of the molecule is C1CCCCC1.N#CC#N. The molecule has 10 heavy (non-hydrogen) atoms. The van der Waals surface area contributed by atoms with Crippen molar-refractivity contribution in [3.63, 3.8) is 0 Å². The minimum Gasteiger partial charge on any atom is -0.181 e. The van der Waals surface area contributed by atoms with Crippen LogP contribution in [0.15, 0.2) is 0 Å². The first-order chi connectivity index (χ1) is 4.91. The minimum atomic E-state index is 1.24. The van der Waals surface area contributed by atoms with Crippen LogP contribution >= 0.6 is 0 Å². The van der Waals surface area contributed by atoms with Gasteiger partial charge in [0.15, 0.2) is 12.1 Å². The Labute approximate surface area is 62.1 Å². The van der Waals surface area contributed by atoms with Crippen molar-refractivity contribution in [1.29, 1.82) is 10.5 Å². The van der Waals surface area contributed by atoms with Gasteiger partial charge in [0.2, 0.25) is 0 Å². The van der Waals surface area contributed by atoms with Crippen molar-refractivity contribution in [2.45, 2.75) is 38.5 Å². The Hall–Kier alpha value is -1.02. The molecule has 0 heterocycles. The first kappa shape index (κ1) is 8.98. The van der Waals surface area contributed by atoms with Crippen LogP contribution in [0.2, 0.25) is 0 Å². The highest BCUT2D eigenvalue weighted by Crippen LogP contribution is 2.15. The molecule has 0 aliphatic heterocycles. The molecular weight excluding hydrogens is 124 g/mol. The van der Waals surface area contributed by atoms with Gasteiger partial charge in [-0.25, -0.2) is 0 Å². The smallest absolute Gasteiger partial charge is 0.181 e. The molecule has 0 bridgehead atoms. The van der Waals surface area contributed by atoms with Crippen LogP contribution in [0.4, 0.5) is 0 Å². The van der Waals surface area contributed by atoms with Crippen LogP contribution in [-0.2, 0) is 0 Å². The average Bonchev–Trinajstić information content (AvgIpc) is 2.08. The maximum absolute atomic E-state index is 7.26. The van der Waals surface area contributed by atoms with Crippen molar-refractivity contribution in [3.8, 4) is 12.1 Å². The monoisotopic (exact) mass is 136 g/mol. The number of hydrogen-bond acceptors (Lipinski definition) is 2. The van der Waals surface area contributed by atoms with Crippen molar-refractivity contribution in [1.82, 2.24) is 0 Å². The van der Waals surface area contributed by atoms with Crippen LogP contribution in [0.5, 0.6) is 0 Å². The first-order valence-corrected chi connectivity index (χ1v) is 3.70. The summed E-state index contributed by atoms with van der Waals surface area (Å²) in [7, 11) is 0. The van der Waals surface area contributed by atoms with E-state index in [1.807, 2.05) is 0 Å². The Morgan fingerprint density at radius 3 is 0.900 bits per heavy atom. The molecule has 0 amide bonds. The Balaban J connectivity index is 0.000000180. The molecule has 0 radical (unpaired) electrons.